The quantitative estimate of drug-likeness (QED) is 0.528. The summed E-state index contributed by atoms with van der Waals surface area (Å²) < 4.78 is 6.39. The monoisotopic (exact) mass is 534 g/mol. The zero-order chi connectivity index (χ0) is 25.3. The van der Waals surface area contributed by atoms with Gasteiger partial charge in [-0.3, -0.25) is 4.79 Å². The largest absolute Gasteiger partial charge is 0.444 e. The Morgan fingerprint density at radius 3 is 2.62 bits per heavy atom. The number of amides is 2. The van der Waals surface area contributed by atoms with Crippen LogP contribution >= 0.6 is 15.9 Å². The smallest absolute Gasteiger partial charge is 0.408 e. The number of alkyl carbamates (subject to hydrolysis) is 1. The van der Waals surface area contributed by atoms with Gasteiger partial charge in [-0.2, -0.15) is 0 Å². The van der Waals surface area contributed by atoms with Crippen molar-refractivity contribution in [2.75, 3.05) is 6.54 Å². The average Bonchev–Trinajstić information content (AvgIpc) is 3.29. The minimum Gasteiger partial charge on any atom is -0.444 e. The molecule has 1 saturated heterocycles. The number of ether oxygens (including phenoxy) is 1. The summed E-state index contributed by atoms with van der Waals surface area (Å²) in [5.74, 6) is 0.352. The van der Waals surface area contributed by atoms with Gasteiger partial charge in [-0.15, -0.1) is 0 Å². The normalized spacial score (nSPS) is 19.7. The van der Waals surface area contributed by atoms with E-state index in [0.29, 0.717) is 18.7 Å². The van der Waals surface area contributed by atoms with Crippen molar-refractivity contribution in [1.29, 1.82) is 0 Å². The van der Waals surface area contributed by atoms with Crippen LogP contribution in [0.4, 0.5) is 4.79 Å². The molecule has 0 saturated carbocycles. The van der Waals surface area contributed by atoms with Gasteiger partial charge in [0, 0.05) is 35.7 Å². The van der Waals surface area contributed by atoms with Crippen LogP contribution in [0.5, 0.6) is 0 Å². The van der Waals surface area contributed by atoms with Gasteiger partial charge in [-0.05, 0) is 43.9 Å². The molecular formula is C25H35BrN4O4. The Kier molecular flexibility index (Phi) is 7.77. The second-order valence-electron chi connectivity index (χ2n) is 10.9. The van der Waals surface area contributed by atoms with Crippen molar-refractivity contribution in [2.24, 2.45) is 5.41 Å². The molecule has 3 atom stereocenters. The standard InChI is InChI=1S/C25H35BrN4O4/c1-24(2,3)20(29-23(33)34-25(4,5)6)22(32)30-14-18(31)12-19(30)21-27-13-17(28-21)11-15-8-7-9-16(26)10-15/h7-10,13,18-20,31H,11-12,14H2,1-6H3,(H,27,28)(H,29,33)/t18-,19+,20-/m1/s1. The van der Waals surface area contributed by atoms with Gasteiger partial charge in [0.05, 0.1) is 12.1 Å². The lowest BCUT2D eigenvalue weighted by Gasteiger charge is -2.35. The molecule has 3 rings (SSSR count). The van der Waals surface area contributed by atoms with Gasteiger partial charge in [-0.25, -0.2) is 9.78 Å². The number of rotatable bonds is 5. The Labute approximate surface area is 209 Å². The number of benzene rings is 1. The highest BCUT2D eigenvalue weighted by Gasteiger charge is 2.43. The first-order valence-corrected chi connectivity index (χ1v) is 12.3. The van der Waals surface area contributed by atoms with Crippen molar-refractivity contribution in [2.45, 2.75) is 78.2 Å². The summed E-state index contributed by atoms with van der Waals surface area (Å²) in [7, 11) is 0. The SMILES string of the molecule is CC(C)(C)OC(=O)N[C@H](C(=O)N1C[C@H](O)C[C@H]1c1ncc(Cc2cccc(Br)c2)[nH]1)C(C)(C)C. The van der Waals surface area contributed by atoms with E-state index in [1.165, 1.54) is 0 Å². The maximum Gasteiger partial charge on any atom is 0.408 e. The van der Waals surface area contributed by atoms with Gasteiger partial charge in [0.1, 0.15) is 17.5 Å². The first kappa shape index (κ1) is 26.2. The lowest BCUT2D eigenvalue weighted by Crippen LogP contribution is -2.55. The molecule has 186 valence electrons. The second kappa shape index (κ2) is 10.1. The van der Waals surface area contributed by atoms with Crippen LogP contribution in [0.25, 0.3) is 0 Å². The van der Waals surface area contributed by atoms with Crippen molar-refractivity contribution in [3.8, 4) is 0 Å². The highest BCUT2D eigenvalue weighted by atomic mass is 79.9. The predicted molar refractivity (Wildman–Crippen MR) is 133 cm³/mol. The van der Waals surface area contributed by atoms with E-state index in [4.69, 9.17) is 4.74 Å². The number of aliphatic hydroxyl groups is 1. The number of carbonyl (C=O) groups is 2. The van der Waals surface area contributed by atoms with Crippen molar-refractivity contribution in [3.63, 3.8) is 0 Å². The highest BCUT2D eigenvalue weighted by Crippen LogP contribution is 2.34. The second-order valence-corrected chi connectivity index (χ2v) is 11.9. The fourth-order valence-electron chi connectivity index (χ4n) is 4.06. The van der Waals surface area contributed by atoms with E-state index in [-0.39, 0.29) is 12.5 Å². The number of imidazole rings is 1. The summed E-state index contributed by atoms with van der Waals surface area (Å²) >= 11 is 3.49. The third-order valence-corrected chi connectivity index (χ3v) is 6.08. The van der Waals surface area contributed by atoms with Gasteiger partial charge < -0.3 is 25.0 Å². The number of aliphatic hydroxyl groups excluding tert-OH is 1. The minimum absolute atomic E-state index is 0.174. The van der Waals surface area contributed by atoms with Crippen LogP contribution < -0.4 is 5.32 Å². The number of aromatic nitrogens is 2. The van der Waals surface area contributed by atoms with Crippen LogP contribution in [0.1, 0.15) is 71.1 Å². The van der Waals surface area contributed by atoms with Crippen LogP contribution in [-0.4, -0.2) is 56.3 Å². The van der Waals surface area contributed by atoms with E-state index in [0.717, 1.165) is 15.7 Å². The number of likely N-dealkylation sites (tertiary alicyclic amines) is 1. The summed E-state index contributed by atoms with van der Waals surface area (Å²) in [5.41, 5.74) is 0.793. The van der Waals surface area contributed by atoms with E-state index < -0.39 is 35.3 Å². The van der Waals surface area contributed by atoms with Crippen LogP contribution in [0.3, 0.4) is 0 Å². The van der Waals surface area contributed by atoms with E-state index in [1.807, 2.05) is 45.0 Å². The highest BCUT2D eigenvalue weighted by molar-refractivity contribution is 9.10. The molecule has 3 N–H and O–H groups in total. The molecule has 9 heteroatoms. The van der Waals surface area contributed by atoms with Crippen LogP contribution in [-0.2, 0) is 16.0 Å². The minimum atomic E-state index is -0.828. The number of nitrogens with one attached hydrogen (secondary N) is 2. The maximum absolute atomic E-state index is 13.7. The Morgan fingerprint density at radius 1 is 1.29 bits per heavy atom. The molecule has 2 aromatic rings. The Morgan fingerprint density at radius 2 is 2.00 bits per heavy atom. The molecule has 0 bridgehead atoms. The van der Waals surface area contributed by atoms with Crippen LogP contribution in [0.2, 0.25) is 0 Å². The van der Waals surface area contributed by atoms with Crippen molar-refractivity contribution >= 4 is 27.9 Å². The third-order valence-electron chi connectivity index (χ3n) is 5.58. The molecule has 0 aliphatic carbocycles. The molecule has 1 aromatic heterocycles. The van der Waals surface area contributed by atoms with Crippen molar-refractivity contribution in [1.82, 2.24) is 20.2 Å². The molecule has 8 nitrogen and oxygen atoms in total. The number of H-pyrrole nitrogens is 1. The molecule has 2 amide bonds. The maximum atomic E-state index is 13.7. The fourth-order valence-corrected chi connectivity index (χ4v) is 4.51. The molecule has 2 heterocycles. The van der Waals surface area contributed by atoms with Gasteiger partial charge in [0.25, 0.3) is 0 Å². The number of hydrogen-bond acceptors (Lipinski definition) is 5. The van der Waals surface area contributed by atoms with Gasteiger partial charge in [-0.1, -0.05) is 48.8 Å². The average molecular weight is 535 g/mol. The number of carbonyl (C=O) groups excluding carboxylic acids is 2. The van der Waals surface area contributed by atoms with E-state index in [9.17, 15) is 14.7 Å². The molecule has 1 aromatic carbocycles. The zero-order valence-electron chi connectivity index (χ0n) is 20.7. The molecule has 0 radical (unpaired) electrons. The predicted octanol–water partition coefficient (Wildman–Crippen LogP) is 4.34. The first-order valence-electron chi connectivity index (χ1n) is 11.5. The summed E-state index contributed by atoms with van der Waals surface area (Å²) in [6, 6.07) is 6.80. The van der Waals surface area contributed by atoms with E-state index in [2.05, 4.69) is 31.2 Å². The molecule has 0 spiro atoms. The summed E-state index contributed by atoms with van der Waals surface area (Å²) in [4.78, 5) is 35.6. The number of β-amino-alcohol motifs (C(OH)–C–C–N with tert-alkyl or cyclic N) is 1. The van der Waals surface area contributed by atoms with Crippen LogP contribution in [0, 0.1) is 5.41 Å². The van der Waals surface area contributed by atoms with E-state index in [1.54, 1.807) is 31.9 Å². The van der Waals surface area contributed by atoms with Gasteiger partial charge in [0.2, 0.25) is 5.91 Å². The number of aromatic amines is 1. The van der Waals surface area contributed by atoms with Crippen molar-refractivity contribution < 1.29 is 19.4 Å². The molecule has 1 fully saturated rings. The summed E-state index contributed by atoms with van der Waals surface area (Å²) in [6.45, 7) is 11.2. The molecular weight excluding hydrogens is 500 g/mol. The fraction of sp³-hybridized carbons (Fsp3) is 0.560. The Hall–Kier alpha value is -2.39. The molecule has 1 aliphatic heterocycles. The Balaban J connectivity index is 1.79. The van der Waals surface area contributed by atoms with E-state index >= 15 is 0 Å². The van der Waals surface area contributed by atoms with Gasteiger partial charge in [0.15, 0.2) is 0 Å². The lowest BCUT2D eigenvalue weighted by atomic mass is 9.85. The molecule has 34 heavy (non-hydrogen) atoms. The summed E-state index contributed by atoms with van der Waals surface area (Å²) in [5, 5.41) is 13.2. The summed E-state index contributed by atoms with van der Waals surface area (Å²) in [6.07, 6.45) is 1.49. The van der Waals surface area contributed by atoms with Crippen LogP contribution in [0.15, 0.2) is 34.9 Å². The lowest BCUT2D eigenvalue weighted by molar-refractivity contribution is -0.137. The Bertz CT molecular complexity index is 1020. The third kappa shape index (κ3) is 6.82. The first-order chi connectivity index (χ1) is 15.7. The van der Waals surface area contributed by atoms with Gasteiger partial charge >= 0.3 is 6.09 Å². The zero-order valence-corrected chi connectivity index (χ0v) is 22.3. The number of nitrogens with zero attached hydrogens (tertiary/aromatic N) is 2. The molecule has 1 aliphatic rings. The van der Waals surface area contributed by atoms with Crippen molar-refractivity contribution in [3.05, 3.63) is 52.0 Å². The molecule has 0 unspecified atom stereocenters. The number of halogens is 1. The number of hydrogen-bond donors (Lipinski definition) is 3. The topological polar surface area (TPSA) is 108 Å².